The van der Waals surface area contributed by atoms with Crippen molar-refractivity contribution in [3.63, 3.8) is 0 Å². The third kappa shape index (κ3) is 3.04. The standard InChI is InChI=1S/C18H18N2O3/c1-11-4-5-12(2)15(8-11)19-17(21)10-20-7-6-16-14(18(20)22)9-13(3)23-16/h4-9H,10H2,1-3H3,(H,19,21). The van der Waals surface area contributed by atoms with E-state index in [0.717, 1.165) is 16.8 Å². The van der Waals surface area contributed by atoms with Gasteiger partial charge in [0, 0.05) is 11.9 Å². The number of nitrogens with one attached hydrogen (secondary N) is 1. The normalized spacial score (nSPS) is 10.9. The summed E-state index contributed by atoms with van der Waals surface area (Å²) >= 11 is 0. The quantitative estimate of drug-likeness (QED) is 0.808. The molecule has 3 rings (SSSR count). The number of nitrogens with zero attached hydrogens (tertiary/aromatic N) is 1. The molecule has 0 unspecified atom stereocenters. The van der Waals surface area contributed by atoms with Crippen molar-refractivity contribution < 1.29 is 9.21 Å². The average molecular weight is 310 g/mol. The van der Waals surface area contributed by atoms with E-state index in [1.54, 1.807) is 25.3 Å². The molecule has 3 aromatic rings. The summed E-state index contributed by atoms with van der Waals surface area (Å²) < 4.78 is 6.81. The number of furan rings is 1. The van der Waals surface area contributed by atoms with Crippen LogP contribution in [0.5, 0.6) is 0 Å². The topological polar surface area (TPSA) is 64.2 Å². The van der Waals surface area contributed by atoms with Crippen LogP contribution in [0.3, 0.4) is 0 Å². The molecular weight excluding hydrogens is 292 g/mol. The number of pyridine rings is 1. The van der Waals surface area contributed by atoms with Gasteiger partial charge in [-0.2, -0.15) is 0 Å². The second kappa shape index (κ2) is 5.76. The Morgan fingerprint density at radius 1 is 1.17 bits per heavy atom. The minimum absolute atomic E-state index is 0.0353. The molecule has 1 N–H and O–H groups in total. The average Bonchev–Trinajstić information content (AvgIpc) is 2.87. The van der Waals surface area contributed by atoms with Crippen molar-refractivity contribution in [1.29, 1.82) is 0 Å². The van der Waals surface area contributed by atoms with E-state index in [1.165, 1.54) is 4.57 Å². The lowest BCUT2D eigenvalue weighted by Gasteiger charge is -2.10. The number of amides is 1. The maximum Gasteiger partial charge on any atom is 0.262 e. The number of carbonyl (C=O) groups excluding carboxylic acids is 1. The molecule has 0 spiro atoms. The fourth-order valence-electron chi connectivity index (χ4n) is 2.54. The van der Waals surface area contributed by atoms with Crippen LogP contribution in [0, 0.1) is 20.8 Å². The molecule has 0 saturated heterocycles. The third-order valence-electron chi connectivity index (χ3n) is 3.76. The van der Waals surface area contributed by atoms with E-state index in [9.17, 15) is 9.59 Å². The first-order valence-corrected chi connectivity index (χ1v) is 7.41. The maximum atomic E-state index is 12.4. The summed E-state index contributed by atoms with van der Waals surface area (Å²) in [6.45, 7) is 5.65. The Bertz CT molecular complexity index is 951. The molecule has 2 heterocycles. The van der Waals surface area contributed by atoms with Gasteiger partial charge in [-0.1, -0.05) is 12.1 Å². The van der Waals surface area contributed by atoms with Crippen LogP contribution in [0.15, 0.2) is 45.7 Å². The van der Waals surface area contributed by atoms with Crippen molar-refractivity contribution in [3.05, 3.63) is 63.8 Å². The van der Waals surface area contributed by atoms with E-state index in [1.807, 2.05) is 32.0 Å². The van der Waals surface area contributed by atoms with Gasteiger partial charge in [-0.3, -0.25) is 9.59 Å². The molecule has 5 heteroatoms. The number of carbonyl (C=O) groups is 1. The van der Waals surface area contributed by atoms with Gasteiger partial charge >= 0.3 is 0 Å². The van der Waals surface area contributed by atoms with Crippen LogP contribution in [0.2, 0.25) is 0 Å². The largest absolute Gasteiger partial charge is 0.461 e. The number of aromatic nitrogens is 1. The molecule has 0 radical (unpaired) electrons. The Hall–Kier alpha value is -2.82. The molecule has 0 bridgehead atoms. The van der Waals surface area contributed by atoms with Crippen molar-refractivity contribution >= 4 is 22.6 Å². The molecule has 0 aliphatic heterocycles. The summed E-state index contributed by atoms with van der Waals surface area (Å²) in [5.41, 5.74) is 3.13. The lowest BCUT2D eigenvalue weighted by Crippen LogP contribution is -2.27. The second-order valence-electron chi connectivity index (χ2n) is 5.75. The summed E-state index contributed by atoms with van der Waals surface area (Å²) in [5, 5.41) is 3.35. The van der Waals surface area contributed by atoms with Crippen LogP contribution in [-0.4, -0.2) is 10.5 Å². The SMILES string of the molecule is Cc1ccc(C)c(NC(=O)Cn2ccc3oc(C)cc3c2=O)c1. The predicted molar refractivity (Wildman–Crippen MR) is 89.8 cm³/mol. The highest BCUT2D eigenvalue weighted by Crippen LogP contribution is 2.17. The molecule has 1 aromatic carbocycles. The highest BCUT2D eigenvalue weighted by Gasteiger charge is 2.11. The fourth-order valence-corrected chi connectivity index (χ4v) is 2.54. The number of aryl methyl sites for hydroxylation is 3. The van der Waals surface area contributed by atoms with E-state index in [4.69, 9.17) is 4.42 Å². The Labute approximate surface area is 133 Å². The van der Waals surface area contributed by atoms with Gasteiger partial charge in [0.1, 0.15) is 17.9 Å². The van der Waals surface area contributed by atoms with Crippen LogP contribution in [-0.2, 0) is 11.3 Å². The molecule has 5 nitrogen and oxygen atoms in total. The van der Waals surface area contributed by atoms with Crippen LogP contribution in [0.25, 0.3) is 11.0 Å². The van der Waals surface area contributed by atoms with Crippen LogP contribution < -0.4 is 10.9 Å². The van der Waals surface area contributed by atoms with Crippen molar-refractivity contribution in [1.82, 2.24) is 4.57 Å². The maximum absolute atomic E-state index is 12.4. The highest BCUT2D eigenvalue weighted by atomic mass is 16.3. The zero-order chi connectivity index (χ0) is 16.6. The van der Waals surface area contributed by atoms with Gasteiger partial charge < -0.3 is 14.3 Å². The Kier molecular flexibility index (Phi) is 3.78. The molecule has 0 fully saturated rings. The molecule has 0 atom stereocenters. The molecule has 2 aromatic heterocycles. The van der Waals surface area contributed by atoms with E-state index >= 15 is 0 Å². The smallest absolute Gasteiger partial charge is 0.262 e. The van der Waals surface area contributed by atoms with Crippen LogP contribution in [0.1, 0.15) is 16.9 Å². The van der Waals surface area contributed by atoms with Crippen LogP contribution >= 0.6 is 0 Å². The molecule has 0 saturated carbocycles. The number of hydrogen-bond donors (Lipinski definition) is 1. The van der Waals surface area contributed by atoms with E-state index in [0.29, 0.717) is 16.7 Å². The van der Waals surface area contributed by atoms with Gasteiger partial charge in [-0.25, -0.2) is 0 Å². The first-order chi connectivity index (χ1) is 10.9. The monoisotopic (exact) mass is 310 g/mol. The lowest BCUT2D eigenvalue weighted by atomic mass is 10.1. The summed E-state index contributed by atoms with van der Waals surface area (Å²) in [4.78, 5) is 24.6. The highest BCUT2D eigenvalue weighted by molar-refractivity contribution is 5.91. The van der Waals surface area contributed by atoms with Gasteiger partial charge in [0.25, 0.3) is 5.56 Å². The minimum Gasteiger partial charge on any atom is -0.461 e. The van der Waals surface area contributed by atoms with Gasteiger partial charge in [-0.15, -0.1) is 0 Å². The molecule has 23 heavy (non-hydrogen) atoms. The van der Waals surface area contributed by atoms with Gasteiger partial charge in [0.2, 0.25) is 5.91 Å². The lowest BCUT2D eigenvalue weighted by molar-refractivity contribution is -0.116. The predicted octanol–water partition coefficient (Wildman–Crippen LogP) is 3.16. The Balaban J connectivity index is 1.84. The Morgan fingerprint density at radius 3 is 2.74 bits per heavy atom. The second-order valence-corrected chi connectivity index (χ2v) is 5.75. The zero-order valence-corrected chi connectivity index (χ0v) is 13.3. The molecule has 118 valence electrons. The summed E-state index contributed by atoms with van der Waals surface area (Å²) in [7, 11) is 0. The van der Waals surface area contributed by atoms with E-state index in [-0.39, 0.29) is 18.0 Å². The van der Waals surface area contributed by atoms with Gasteiger partial charge in [0.05, 0.1) is 5.39 Å². The molecule has 0 aliphatic rings. The number of rotatable bonds is 3. The van der Waals surface area contributed by atoms with E-state index < -0.39 is 0 Å². The van der Waals surface area contributed by atoms with E-state index in [2.05, 4.69) is 5.32 Å². The summed E-state index contributed by atoms with van der Waals surface area (Å²) in [6, 6.07) is 9.26. The van der Waals surface area contributed by atoms with Gasteiger partial charge in [0.15, 0.2) is 0 Å². The number of anilines is 1. The van der Waals surface area contributed by atoms with Crippen molar-refractivity contribution in [2.24, 2.45) is 0 Å². The first kappa shape index (κ1) is 15.1. The van der Waals surface area contributed by atoms with Gasteiger partial charge in [-0.05, 0) is 50.1 Å². The zero-order valence-electron chi connectivity index (χ0n) is 13.3. The summed E-state index contributed by atoms with van der Waals surface area (Å²) in [5.74, 6) is 0.440. The fraction of sp³-hybridized carbons (Fsp3) is 0.222. The first-order valence-electron chi connectivity index (χ1n) is 7.41. The molecular formula is C18H18N2O3. The number of fused-ring (bicyclic) bond motifs is 1. The van der Waals surface area contributed by atoms with Crippen molar-refractivity contribution in [2.75, 3.05) is 5.32 Å². The number of benzene rings is 1. The Morgan fingerprint density at radius 2 is 1.96 bits per heavy atom. The molecule has 1 amide bonds. The van der Waals surface area contributed by atoms with Crippen molar-refractivity contribution in [2.45, 2.75) is 27.3 Å². The van der Waals surface area contributed by atoms with Crippen molar-refractivity contribution in [3.8, 4) is 0 Å². The van der Waals surface area contributed by atoms with Crippen LogP contribution in [0.4, 0.5) is 5.69 Å². The summed E-state index contributed by atoms with van der Waals surface area (Å²) in [6.07, 6.45) is 1.58. The molecule has 0 aliphatic carbocycles. The minimum atomic E-state index is -0.236. The number of hydrogen-bond acceptors (Lipinski definition) is 3. The third-order valence-corrected chi connectivity index (χ3v) is 3.76.